The van der Waals surface area contributed by atoms with Crippen LogP contribution in [0.1, 0.15) is 46.6 Å². The van der Waals surface area contributed by atoms with E-state index in [0.717, 1.165) is 11.8 Å². The standard InChI is InChI=1S/C18H29NS/c1-13(2)18(5,12-19-14(3)4)11-16-10-15-8-6-7-9-17(15)20-16/h6-9,13-14,16,19H,10-12H2,1-5H3. The van der Waals surface area contributed by atoms with Gasteiger partial charge in [-0.15, -0.1) is 11.8 Å². The highest BCUT2D eigenvalue weighted by Crippen LogP contribution is 2.44. The van der Waals surface area contributed by atoms with Crippen molar-refractivity contribution >= 4 is 11.8 Å². The van der Waals surface area contributed by atoms with Crippen LogP contribution in [0.25, 0.3) is 0 Å². The van der Waals surface area contributed by atoms with Crippen LogP contribution >= 0.6 is 11.8 Å². The average Bonchev–Trinajstić information content (AvgIpc) is 2.78. The Balaban J connectivity index is 2.00. The zero-order valence-electron chi connectivity index (χ0n) is 13.6. The van der Waals surface area contributed by atoms with Gasteiger partial charge in [0.05, 0.1) is 0 Å². The van der Waals surface area contributed by atoms with Crippen molar-refractivity contribution in [2.45, 2.75) is 63.6 Å². The third kappa shape index (κ3) is 3.79. The van der Waals surface area contributed by atoms with Gasteiger partial charge in [-0.25, -0.2) is 0 Å². The van der Waals surface area contributed by atoms with E-state index in [0.29, 0.717) is 17.4 Å². The van der Waals surface area contributed by atoms with Crippen molar-refractivity contribution in [2.75, 3.05) is 6.54 Å². The summed E-state index contributed by atoms with van der Waals surface area (Å²) in [6.07, 6.45) is 2.54. The molecule has 1 aliphatic heterocycles. The summed E-state index contributed by atoms with van der Waals surface area (Å²) in [6, 6.07) is 9.47. The number of nitrogens with one attached hydrogen (secondary N) is 1. The van der Waals surface area contributed by atoms with E-state index >= 15 is 0 Å². The van der Waals surface area contributed by atoms with Gasteiger partial charge in [0, 0.05) is 22.7 Å². The lowest BCUT2D eigenvalue weighted by molar-refractivity contribution is 0.185. The van der Waals surface area contributed by atoms with Gasteiger partial charge in [0.2, 0.25) is 0 Å². The molecular formula is C18H29NS. The third-order valence-electron chi connectivity index (χ3n) is 4.72. The molecule has 112 valence electrons. The first-order valence-corrected chi connectivity index (χ1v) is 8.76. The van der Waals surface area contributed by atoms with Crippen LogP contribution in [0.2, 0.25) is 0 Å². The molecule has 0 fully saturated rings. The van der Waals surface area contributed by atoms with Gasteiger partial charge in [-0.05, 0) is 35.8 Å². The Kier molecular flexibility index (Phi) is 5.19. The summed E-state index contributed by atoms with van der Waals surface area (Å²) in [7, 11) is 0. The molecule has 0 aromatic heterocycles. The number of rotatable bonds is 6. The molecule has 2 heteroatoms. The molecule has 1 N–H and O–H groups in total. The fourth-order valence-electron chi connectivity index (χ4n) is 2.84. The molecule has 2 atom stereocenters. The van der Waals surface area contributed by atoms with Gasteiger partial charge in [-0.3, -0.25) is 0 Å². The van der Waals surface area contributed by atoms with Gasteiger partial charge in [0.25, 0.3) is 0 Å². The summed E-state index contributed by atoms with van der Waals surface area (Å²) >= 11 is 2.09. The van der Waals surface area contributed by atoms with Crippen LogP contribution < -0.4 is 5.32 Å². The lowest BCUT2D eigenvalue weighted by atomic mass is 9.74. The minimum atomic E-state index is 0.379. The zero-order chi connectivity index (χ0) is 14.8. The van der Waals surface area contributed by atoms with E-state index in [1.807, 2.05) is 0 Å². The van der Waals surface area contributed by atoms with E-state index in [4.69, 9.17) is 0 Å². The molecule has 1 aromatic rings. The number of benzene rings is 1. The second kappa shape index (κ2) is 6.53. The van der Waals surface area contributed by atoms with Gasteiger partial charge >= 0.3 is 0 Å². The van der Waals surface area contributed by atoms with Crippen LogP contribution in [0.3, 0.4) is 0 Å². The first-order chi connectivity index (χ1) is 9.40. The van der Waals surface area contributed by atoms with Crippen molar-refractivity contribution in [1.29, 1.82) is 0 Å². The van der Waals surface area contributed by atoms with Crippen LogP contribution in [0.5, 0.6) is 0 Å². The smallest absolute Gasteiger partial charge is 0.0141 e. The fourth-order valence-corrected chi connectivity index (χ4v) is 4.38. The van der Waals surface area contributed by atoms with Crippen LogP contribution in [-0.2, 0) is 6.42 Å². The Morgan fingerprint density at radius 2 is 1.95 bits per heavy atom. The van der Waals surface area contributed by atoms with Crippen molar-refractivity contribution in [3.63, 3.8) is 0 Å². The monoisotopic (exact) mass is 291 g/mol. The minimum Gasteiger partial charge on any atom is -0.314 e. The van der Waals surface area contributed by atoms with E-state index in [1.54, 1.807) is 5.56 Å². The molecule has 1 aromatic carbocycles. The van der Waals surface area contributed by atoms with Crippen LogP contribution in [0.4, 0.5) is 0 Å². The van der Waals surface area contributed by atoms with E-state index in [-0.39, 0.29) is 0 Å². The highest BCUT2D eigenvalue weighted by atomic mass is 32.2. The molecule has 2 unspecified atom stereocenters. The third-order valence-corrected chi connectivity index (χ3v) is 6.03. The Labute approximate surface area is 128 Å². The van der Waals surface area contributed by atoms with Gasteiger partial charge in [0.1, 0.15) is 0 Å². The summed E-state index contributed by atoms with van der Waals surface area (Å²) < 4.78 is 0. The molecule has 2 rings (SSSR count). The Bertz CT molecular complexity index is 416. The molecule has 0 amide bonds. The second-order valence-electron chi connectivity index (χ2n) is 7.10. The summed E-state index contributed by atoms with van der Waals surface area (Å²) in [4.78, 5) is 1.50. The molecule has 0 bridgehead atoms. The molecule has 0 saturated heterocycles. The first-order valence-electron chi connectivity index (χ1n) is 7.88. The van der Waals surface area contributed by atoms with Crippen LogP contribution in [0, 0.1) is 11.3 Å². The van der Waals surface area contributed by atoms with E-state index in [9.17, 15) is 0 Å². The van der Waals surface area contributed by atoms with E-state index in [1.165, 1.54) is 17.7 Å². The highest BCUT2D eigenvalue weighted by Gasteiger charge is 2.34. The molecule has 0 spiro atoms. The largest absolute Gasteiger partial charge is 0.314 e. The second-order valence-corrected chi connectivity index (χ2v) is 8.44. The van der Waals surface area contributed by atoms with Crippen LogP contribution in [0.15, 0.2) is 29.2 Å². The first kappa shape index (κ1) is 15.9. The molecule has 1 aliphatic rings. The SMILES string of the molecule is CC(C)NCC(C)(CC1Cc2ccccc2S1)C(C)C. The van der Waals surface area contributed by atoms with Crippen molar-refractivity contribution < 1.29 is 0 Å². The highest BCUT2D eigenvalue weighted by molar-refractivity contribution is 8.00. The molecule has 0 saturated carbocycles. The molecule has 1 heterocycles. The summed E-state index contributed by atoms with van der Waals surface area (Å²) in [5.41, 5.74) is 1.93. The maximum absolute atomic E-state index is 3.65. The predicted octanol–water partition coefficient (Wildman–Crippen LogP) is 4.75. The van der Waals surface area contributed by atoms with E-state index in [2.05, 4.69) is 76.0 Å². The van der Waals surface area contributed by atoms with Gasteiger partial charge in [0.15, 0.2) is 0 Å². The maximum Gasteiger partial charge on any atom is 0.0141 e. The minimum absolute atomic E-state index is 0.379. The maximum atomic E-state index is 3.65. The fraction of sp³-hybridized carbons (Fsp3) is 0.667. The van der Waals surface area contributed by atoms with Gasteiger partial charge < -0.3 is 5.32 Å². The topological polar surface area (TPSA) is 12.0 Å². The summed E-state index contributed by atoms with van der Waals surface area (Å²) in [5.74, 6) is 0.707. The average molecular weight is 292 g/mol. The Hall–Kier alpha value is -0.470. The predicted molar refractivity (Wildman–Crippen MR) is 90.5 cm³/mol. The molecule has 0 aliphatic carbocycles. The molecule has 1 nitrogen and oxygen atoms in total. The molecular weight excluding hydrogens is 262 g/mol. The lowest BCUT2D eigenvalue weighted by Crippen LogP contribution is -2.40. The zero-order valence-corrected chi connectivity index (χ0v) is 14.4. The normalized spacial score (nSPS) is 21.2. The Morgan fingerprint density at radius 1 is 1.25 bits per heavy atom. The van der Waals surface area contributed by atoms with Gasteiger partial charge in [-0.2, -0.15) is 0 Å². The van der Waals surface area contributed by atoms with Crippen molar-refractivity contribution in [2.24, 2.45) is 11.3 Å². The molecule has 0 radical (unpaired) electrons. The number of thioether (sulfide) groups is 1. The van der Waals surface area contributed by atoms with Crippen LogP contribution in [-0.4, -0.2) is 17.8 Å². The number of hydrogen-bond donors (Lipinski definition) is 1. The lowest BCUT2D eigenvalue weighted by Gasteiger charge is -2.37. The molecule has 20 heavy (non-hydrogen) atoms. The van der Waals surface area contributed by atoms with Crippen molar-refractivity contribution in [3.05, 3.63) is 29.8 Å². The van der Waals surface area contributed by atoms with Crippen molar-refractivity contribution in [1.82, 2.24) is 5.32 Å². The Morgan fingerprint density at radius 3 is 2.55 bits per heavy atom. The summed E-state index contributed by atoms with van der Waals surface area (Å²) in [5, 5.41) is 4.40. The van der Waals surface area contributed by atoms with Crippen molar-refractivity contribution in [3.8, 4) is 0 Å². The number of hydrogen-bond acceptors (Lipinski definition) is 2. The van der Waals surface area contributed by atoms with E-state index < -0.39 is 0 Å². The quantitative estimate of drug-likeness (QED) is 0.811. The number of fused-ring (bicyclic) bond motifs is 1. The summed E-state index contributed by atoms with van der Waals surface area (Å²) in [6.45, 7) is 12.8. The van der Waals surface area contributed by atoms with Gasteiger partial charge in [-0.1, -0.05) is 52.8 Å².